The highest BCUT2D eigenvalue weighted by atomic mass is 19.1. The lowest BCUT2D eigenvalue weighted by Gasteiger charge is -2.11. The van der Waals surface area contributed by atoms with Crippen LogP contribution in [0, 0.1) is 5.82 Å². The average molecular weight is 326 g/mol. The third-order valence-corrected chi connectivity index (χ3v) is 3.90. The summed E-state index contributed by atoms with van der Waals surface area (Å²) < 4.78 is 24.3. The van der Waals surface area contributed by atoms with Crippen LogP contribution in [0.2, 0.25) is 0 Å². The molecule has 0 saturated heterocycles. The quantitative estimate of drug-likeness (QED) is 0.742. The van der Waals surface area contributed by atoms with Crippen LogP contribution in [-0.2, 0) is 6.42 Å². The Bertz CT molecular complexity index is 852. The van der Waals surface area contributed by atoms with Crippen LogP contribution in [0.3, 0.4) is 0 Å². The molecule has 1 N–H and O–H groups in total. The highest BCUT2D eigenvalue weighted by molar-refractivity contribution is 5.85. The van der Waals surface area contributed by atoms with Crippen molar-refractivity contribution < 1.29 is 13.9 Å². The van der Waals surface area contributed by atoms with Crippen LogP contribution in [0.1, 0.15) is 5.56 Å². The molecular weight excluding hydrogens is 307 g/mol. The number of halogens is 1. The molecular formula is C19H19FN2O2. The number of hydrogen-bond acceptors (Lipinski definition) is 4. The summed E-state index contributed by atoms with van der Waals surface area (Å²) in [6.07, 6.45) is 3.71. The number of nitrogens with zero attached hydrogens (tertiary/aromatic N) is 1. The van der Waals surface area contributed by atoms with Gasteiger partial charge < -0.3 is 14.8 Å². The first-order valence-electron chi connectivity index (χ1n) is 7.69. The molecule has 2 aromatic carbocycles. The van der Waals surface area contributed by atoms with Crippen LogP contribution in [0.15, 0.2) is 48.8 Å². The maximum absolute atomic E-state index is 13.8. The largest absolute Gasteiger partial charge is 0.493 e. The zero-order valence-corrected chi connectivity index (χ0v) is 13.7. The van der Waals surface area contributed by atoms with E-state index in [1.165, 1.54) is 6.20 Å². The Labute approximate surface area is 140 Å². The van der Waals surface area contributed by atoms with Crippen molar-refractivity contribution >= 4 is 16.5 Å². The third-order valence-electron chi connectivity index (χ3n) is 3.90. The molecule has 4 nitrogen and oxygen atoms in total. The van der Waals surface area contributed by atoms with Crippen molar-refractivity contribution in [2.75, 3.05) is 26.1 Å². The lowest BCUT2D eigenvalue weighted by atomic mass is 10.1. The molecule has 0 aliphatic heterocycles. The third kappa shape index (κ3) is 3.40. The summed E-state index contributed by atoms with van der Waals surface area (Å²) in [5.74, 6) is 1.12. The summed E-state index contributed by atoms with van der Waals surface area (Å²) in [6.45, 7) is 0.730. The minimum absolute atomic E-state index is 0.309. The van der Waals surface area contributed by atoms with Gasteiger partial charge >= 0.3 is 0 Å². The molecule has 0 fully saturated rings. The van der Waals surface area contributed by atoms with E-state index in [1.807, 2.05) is 30.3 Å². The zero-order chi connectivity index (χ0) is 16.9. The Morgan fingerprint density at radius 3 is 2.62 bits per heavy atom. The molecule has 1 heterocycles. The number of anilines is 1. The summed E-state index contributed by atoms with van der Waals surface area (Å²) in [5, 5.41) is 4.68. The number of ether oxygens (including phenoxy) is 2. The van der Waals surface area contributed by atoms with Gasteiger partial charge in [0.25, 0.3) is 0 Å². The van der Waals surface area contributed by atoms with Gasteiger partial charge in [0.1, 0.15) is 5.82 Å². The van der Waals surface area contributed by atoms with Gasteiger partial charge in [-0.2, -0.15) is 0 Å². The molecule has 124 valence electrons. The summed E-state index contributed by atoms with van der Waals surface area (Å²) in [6, 6.07) is 11.5. The van der Waals surface area contributed by atoms with Gasteiger partial charge in [-0.05, 0) is 36.2 Å². The summed E-state index contributed by atoms with van der Waals surface area (Å²) in [4.78, 5) is 3.86. The topological polar surface area (TPSA) is 43.4 Å². The highest BCUT2D eigenvalue weighted by Crippen LogP contribution is 2.27. The van der Waals surface area contributed by atoms with E-state index < -0.39 is 0 Å². The predicted molar refractivity (Wildman–Crippen MR) is 93.4 cm³/mol. The van der Waals surface area contributed by atoms with Crippen molar-refractivity contribution in [3.8, 4) is 11.5 Å². The molecule has 3 aromatic rings. The van der Waals surface area contributed by atoms with Gasteiger partial charge in [0.15, 0.2) is 11.5 Å². The molecule has 0 saturated carbocycles. The van der Waals surface area contributed by atoms with Crippen molar-refractivity contribution in [1.82, 2.24) is 4.98 Å². The SMILES string of the molecule is COc1ccc(CCNc2ccc3cncc(F)c3c2)cc1OC. The van der Waals surface area contributed by atoms with E-state index in [0.717, 1.165) is 35.4 Å². The number of hydrogen-bond donors (Lipinski definition) is 1. The summed E-state index contributed by atoms with van der Waals surface area (Å²) in [7, 11) is 3.24. The van der Waals surface area contributed by atoms with E-state index >= 15 is 0 Å². The second kappa shape index (κ2) is 7.17. The fourth-order valence-electron chi connectivity index (χ4n) is 2.63. The number of fused-ring (bicyclic) bond motifs is 1. The van der Waals surface area contributed by atoms with Crippen LogP contribution in [0.4, 0.5) is 10.1 Å². The first-order chi connectivity index (χ1) is 11.7. The first-order valence-corrected chi connectivity index (χ1v) is 7.69. The molecule has 0 aliphatic rings. The van der Waals surface area contributed by atoms with Crippen LogP contribution in [0.25, 0.3) is 10.8 Å². The molecule has 0 amide bonds. The molecule has 0 spiro atoms. The standard InChI is InChI=1S/C19H19FN2O2/c1-23-18-6-3-13(9-19(18)24-2)7-8-22-15-5-4-14-11-21-12-17(20)16(14)10-15/h3-6,9-12,22H,7-8H2,1-2H3. The van der Waals surface area contributed by atoms with Crippen molar-refractivity contribution in [1.29, 1.82) is 0 Å². The predicted octanol–water partition coefficient (Wildman–Crippen LogP) is 4.05. The monoisotopic (exact) mass is 326 g/mol. The van der Waals surface area contributed by atoms with E-state index in [1.54, 1.807) is 26.5 Å². The van der Waals surface area contributed by atoms with E-state index in [9.17, 15) is 4.39 Å². The second-order valence-electron chi connectivity index (χ2n) is 5.42. The average Bonchev–Trinajstić information content (AvgIpc) is 2.62. The molecule has 0 bridgehead atoms. The van der Waals surface area contributed by atoms with Crippen LogP contribution < -0.4 is 14.8 Å². The molecule has 0 atom stereocenters. The maximum atomic E-state index is 13.8. The first kappa shape index (κ1) is 16.1. The van der Waals surface area contributed by atoms with Crippen molar-refractivity contribution in [3.63, 3.8) is 0 Å². The number of aromatic nitrogens is 1. The number of benzene rings is 2. The Kier molecular flexibility index (Phi) is 4.79. The van der Waals surface area contributed by atoms with Crippen molar-refractivity contribution in [2.45, 2.75) is 6.42 Å². The molecule has 1 aromatic heterocycles. The molecule has 3 rings (SSSR count). The summed E-state index contributed by atoms with van der Waals surface area (Å²) in [5.41, 5.74) is 2.02. The van der Waals surface area contributed by atoms with E-state index in [4.69, 9.17) is 9.47 Å². The molecule has 0 aliphatic carbocycles. The normalized spacial score (nSPS) is 10.6. The number of nitrogens with one attached hydrogen (secondary N) is 1. The summed E-state index contributed by atoms with van der Waals surface area (Å²) >= 11 is 0. The van der Waals surface area contributed by atoms with E-state index in [2.05, 4.69) is 10.3 Å². The number of methoxy groups -OCH3 is 2. The second-order valence-corrected chi connectivity index (χ2v) is 5.42. The fraction of sp³-hybridized carbons (Fsp3) is 0.211. The lowest BCUT2D eigenvalue weighted by Crippen LogP contribution is -2.05. The molecule has 0 unspecified atom stereocenters. The van der Waals surface area contributed by atoms with Gasteiger partial charge in [0, 0.05) is 29.2 Å². The molecule has 0 radical (unpaired) electrons. The maximum Gasteiger partial charge on any atom is 0.160 e. The van der Waals surface area contributed by atoms with Crippen molar-refractivity contribution in [2.24, 2.45) is 0 Å². The fourth-order valence-corrected chi connectivity index (χ4v) is 2.63. The Morgan fingerprint density at radius 1 is 1.00 bits per heavy atom. The molecule has 24 heavy (non-hydrogen) atoms. The van der Waals surface area contributed by atoms with Crippen LogP contribution in [-0.4, -0.2) is 25.7 Å². The van der Waals surface area contributed by atoms with Crippen molar-refractivity contribution in [3.05, 3.63) is 60.2 Å². The minimum Gasteiger partial charge on any atom is -0.493 e. The van der Waals surface area contributed by atoms with Gasteiger partial charge in [-0.25, -0.2) is 4.39 Å². The van der Waals surface area contributed by atoms with Gasteiger partial charge in [-0.15, -0.1) is 0 Å². The Balaban J connectivity index is 1.67. The van der Waals surface area contributed by atoms with Gasteiger partial charge in [0.05, 0.1) is 20.4 Å². The number of pyridine rings is 1. The zero-order valence-electron chi connectivity index (χ0n) is 13.7. The van der Waals surface area contributed by atoms with E-state index in [-0.39, 0.29) is 5.82 Å². The smallest absolute Gasteiger partial charge is 0.160 e. The van der Waals surface area contributed by atoms with Crippen LogP contribution >= 0.6 is 0 Å². The minimum atomic E-state index is -0.309. The van der Waals surface area contributed by atoms with Gasteiger partial charge in [0.2, 0.25) is 0 Å². The molecule has 5 heteroatoms. The van der Waals surface area contributed by atoms with Gasteiger partial charge in [-0.3, -0.25) is 4.98 Å². The highest BCUT2D eigenvalue weighted by Gasteiger charge is 2.05. The number of rotatable bonds is 6. The Hall–Kier alpha value is -2.82. The van der Waals surface area contributed by atoms with E-state index in [0.29, 0.717) is 11.1 Å². The van der Waals surface area contributed by atoms with Gasteiger partial charge in [-0.1, -0.05) is 12.1 Å². The van der Waals surface area contributed by atoms with Crippen LogP contribution in [0.5, 0.6) is 11.5 Å². The Morgan fingerprint density at radius 2 is 1.83 bits per heavy atom. The lowest BCUT2D eigenvalue weighted by molar-refractivity contribution is 0.354.